The number of ketones is 1. The predicted molar refractivity (Wildman–Crippen MR) is 49.8 cm³/mol. The number of amides is 1. The van der Waals surface area contributed by atoms with E-state index in [1.54, 1.807) is 0 Å². The van der Waals surface area contributed by atoms with Gasteiger partial charge in [-0.25, -0.2) is 9.78 Å². The van der Waals surface area contributed by atoms with E-state index in [0.29, 0.717) is 6.42 Å². The third-order valence-corrected chi connectivity index (χ3v) is 2.08. The summed E-state index contributed by atoms with van der Waals surface area (Å²) in [7, 11) is 1.37. The van der Waals surface area contributed by atoms with Crippen LogP contribution in [0.4, 0.5) is 0 Å². The monoisotopic (exact) mass is 215 g/mol. The van der Waals surface area contributed by atoms with E-state index < -0.39 is 17.7 Å². The average molecular weight is 215 g/mol. The van der Waals surface area contributed by atoms with Crippen molar-refractivity contribution in [3.63, 3.8) is 0 Å². The molecule has 0 spiro atoms. The Morgan fingerprint density at radius 2 is 2.27 bits per heavy atom. The first kappa shape index (κ1) is 11.7. The van der Waals surface area contributed by atoms with Gasteiger partial charge in [-0.05, 0) is 6.92 Å². The lowest BCUT2D eigenvalue weighted by Gasteiger charge is -2.09. The van der Waals surface area contributed by atoms with Crippen molar-refractivity contribution in [1.29, 1.82) is 0 Å². The smallest absolute Gasteiger partial charge is 0.258 e. The van der Waals surface area contributed by atoms with E-state index in [1.807, 2.05) is 0 Å². The van der Waals surface area contributed by atoms with Gasteiger partial charge in [-0.2, -0.15) is 0 Å². The molecule has 0 aromatic heterocycles. The fourth-order valence-corrected chi connectivity index (χ4v) is 1.39. The zero-order valence-electron chi connectivity index (χ0n) is 8.57. The van der Waals surface area contributed by atoms with Crippen LogP contribution >= 0.6 is 0 Å². The highest BCUT2D eigenvalue weighted by atomic mass is 17.2. The van der Waals surface area contributed by atoms with Crippen molar-refractivity contribution in [2.75, 3.05) is 13.7 Å². The molecule has 1 aliphatic heterocycles. The SMILES string of the molecule is COOCCC1NC(=O)C(C(C)=O)=C1O. The Hall–Kier alpha value is -1.40. The number of nitrogens with one attached hydrogen (secondary N) is 1. The first-order valence-electron chi connectivity index (χ1n) is 4.48. The summed E-state index contributed by atoms with van der Waals surface area (Å²) in [6.45, 7) is 1.45. The molecule has 6 nitrogen and oxygen atoms in total. The van der Waals surface area contributed by atoms with Crippen LogP contribution in [0, 0.1) is 0 Å². The highest BCUT2D eigenvalue weighted by Crippen LogP contribution is 2.18. The molecule has 0 aromatic carbocycles. The summed E-state index contributed by atoms with van der Waals surface area (Å²) in [5.74, 6) is -1.20. The van der Waals surface area contributed by atoms with E-state index in [0.717, 1.165) is 0 Å². The number of hydrogen-bond donors (Lipinski definition) is 2. The molecule has 0 aliphatic carbocycles. The average Bonchev–Trinajstić information content (AvgIpc) is 2.42. The number of aliphatic hydroxyl groups is 1. The zero-order chi connectivity index (χ0) is 11.4. The third-order valence-electron chi connectivity index (χ3n) is 2.08. The molecule has 0 bridgehead atoms. The van der Waals surface area contributed by atoms with Crippen molar-refractivity contribution in [2.24, 2.45) is 0 Å². The fourth-order valence-electron chi connectivity index (χ4n) is 1.39. The van der Waals surface area contributed by atoms with Crippen LogP contribution < -0.4 is 5.32 Å². The Kier molecular flexibility index (Phi) is 3.81. The molecule has 2 N–H and O–H groups in total. The topological polar surface area (TPSA) is 84.9 Å². The van der Waals surface area contributed by atoms with Crippen LogP contribution in [-0.4, -0.2) is 36.6 Å². The Morgan fingerprint density at radius 3 is 2.73 bits per heavy atom. The van der Waals surface area contributed by atoms with Crippen molar-refractivity contribution in [3.05, 3.63) is 11.3 Å². The minimum Gasteiger partial charge on any atom is -0.509 e. The maximum atomic E-state index is 11.2. The highest BCUT2D eigenvalue weighted by molar-refractivity contribution is 6.20. The molecule has 0 aromatic rings. The van der Waals surface area contributed by atoms with Gasteiger partial charge in [0.25, 0.3) is 5.91 Å². The molecule has 1 aliphatic rings. The number of carbonyl (C=O) groups excluding carboxylic acids is 2. The van der Waals surface area contributed by atoms with Crippen LogP contribution in [0.1, 0.15) is 13.3 Å². The van der Waals surface area contributed by atoms with Crippen LogP contribution in [0.5, 0.6) is 0 Å². The summed E-state index contributed by atoms with van der Waals surface area (Å²) in [6, 6.07) is -0.563. The summed E-state index contributed by atoms with van der Waals surface area (Å²) in [5, 5.41) is 12.0. The van der Waals surface area contributed by atoms with Crippen molar-refractivity contribution in [1.82, 2.24) is 5.32 Å². The van der Waals surface area contributed by atoms with Crippen LogP contribution in [0.3, 0.4) is 0 Å². The zero-order valence-corrected chi connectivity index (χ0v) is 8.57. The van der Waals surface area contributed by atoms with Crippen LogP contribution in [0.2, 0.25) is 0 Å². The van der Waals surface area contributed by atoms with Crippen molar-refractivity contribution in [2.45, 2.75) is 19.4 Å². The molecule has 1 amide bonds. The molecule has 1 unspecified atom stereocenters. The van der Waals surface area contributed by atoms with Crippen molar-refractivity contribution in [3.8, 4) is 0 Å². The quantitative estimate of drug-likeness (QED) is 0.288. The van der Waals surface area contributed by atoms with Gasteiger partial charge in [0, 0.05) is 6.42 Å². The summed E-state index contributed by atoms with van der Waals surface area (Å²) < 4.78 is 0. The molecule has 0 saturated carbocycles. The second-order valence-electron chi connectivity index (χ2n) is 3.12. The molecular weight excluding hydrogens is 202 g/mol. The lowest BCUT2D eigenvalue weighted by atomic mass is 10.1. The van der Waals surface area contributed by atoms with Gasteiger partial charge in [0.1, 0.15) is 11.3 Å². The Balaban J connectivity index is 2.64. The van der Waals surface area contributed by atoms with Gasteiger partial charge in [-0.15, -0.1) is 0 Å². The van der Waals surface area contributed by atoms with Crippen LogP contribution in [0.15, 0.2) is 11.3 Å². The normalized spacial score (nSPS) is 20.7. The van der Waals surface area contributed by atoms with Gasteiger partial charge in [0.05, 0.1) is 19.8 Å². The fraction of sp³-hybridized carbons (Fsp3) is 0.556. The maximum absolute atomic E-state index is 11.2. The molecule has 6 heteroatoms. The van der Waals surface area contributed by atoms with Gasteiger partial charge >= 0.3 is 0 Å². The van der Waals surface area contributed by atoms with Gasteiger partial charge in [0.15, 0.2) is 5.78 Å². The van der Waals surface area contributed by atoms with E-state index >= 15 is 0 Å². The Labute approximate surface area is 86.8 Å². The molecular formula is C9H13NO5. The standard InChI is InChI=1S/C9H13NO5/c1-5(11)7-8(12)6(10-9(7)13)3-4-15-14-2/h6,12H,3-4H2,1-2H3,(H,10,13). The third kappa shape index (κ3) is 2.54. The summed E-state index contributed by atoms with van der Waals surface area (Å²) >= 11 is 0. The second kappa shape index (κ2) is 4.90. The summed E-state index contributed by atoms with van der Waals surface area (Å²) in [5.41, 5.74) is -0.169. The first-order valence-corrected chi connectivity index (χ1v) is 4.48. The minimum absolute atomic E-state index is 0.169. The second-order valence-corrected chi connectivity index (χ2v) is 3.12. The molecule has 1 rings (SSSR count). The molecule has 0 saturated heterocycles. The van der Waals surface area contributed by atoms with Gasteiger partial charge in [-0.3, -0.25) is 9.59 Å². The van der Waals surface area contributed by atoms with E-state index in [-0.39, 0.29) is 17.9 Å². The number of aliphatic hydroxyl groups excluding tert-OH is 1. The number of rotatable bonds is 5. The first-order chi connectivity index (χ1) is 7.07. The van der Waals surface area contributed by atoms with Crippen LogP contribution in [0.25, 0.3) is 0 Å². The molecule has 0 radical (unpaired) electrons. The molecule has 0 fully saturated rings. The highest BCUT2D eigenvalue weighted by Gasteiger charge is 2.33. The number of carbonyl (C=O) groups is 2. The van der Waals surface area contributed by atoms with E-state index in [9.17, 15) is 14.7 Å². The lowest BCUT2D eigenvalue weighted by molar-refractivity contribution is -0.273. The van der Waals surface area contributed by atoms with Gasteiger partial charge in [-0.1, -0.05) is 0 Å². The largest absolute Gasteiger partial charge is 0.509 e. The van der Waals surface area contributed by atoms with Crippen LogP contribution in [-0.2, 0) is 19.4 Å². The molecule has 1 heterocycles. The predicted octanol–water partition coefficient (Wildman–Crippen LogP) is -0.146. The Bertz CT molecular complexity index is 310. The molecule has 1 atom stereocenters. The van der Waals surface area contributed by atoms with Gasteiger partial charge < -0.3 is 10.4 Å². The Morgan fingerprint density at radius 1 is 1.60 bits per heavy atom. The maximum Gasteiger partial charge on any atom is 0.258 e. The van der Waals surface area contributed by atoms with Gasteiger partial charge in [0.2, 0.25) is 0 Å². The van der Waals surface area contributed by atoms with E-state index in [1.165, 1.54) is 14.0 Å². The van der Waals surface area contributed by atoms with E-state index in [4.69, 9.17) is 0 Å². The molecule has 15 heavy (non-hydrogen) atoms. The van der Waals surface area contributed by atoms with E-state index in [2.05, 4.69) is 15.1 Å². The van der Waals surface area contributed by atoms with Crippen molar-refractivity contribution >= 4 is 11.7 Å². The van der Waals surface area contributed by atoms with Crippen molar-refractivity contribution < 1.29 is 24.5 Å². The minimum atomic E-state index is -0.563. The number of Topliss-reactive ketones (excluding diaryl/α,β-unsaturated/α-hetero) is 1. The summed E-state index contributed by atoms with van der Waals surface area (Å²) in [4.78, 5) is 31.2. The number of hydrogen-bond acceptors (Lipinski definition) is 5. The lowest BCUT2D eigenvalue weighted by Crippen LogP contribution is -2.30. The summed E-state index contributed by atoms with van der Waals surface area (Å²) in [6.07, 6.45) is 0.349. The molecule has 84 valence electrons.